The van der Waals surface area contributed by atoms with E-state index in [-0.39, 0.29) is 17.9 Å². The van der Waals surface area contributed by atoms with E-state index >= 15 is 0 Å². The van der Waals surface area contributed by atoms with E-state index in [0.29, 0.717) is 36.1 Å². The monoisotopic (exact) mass is 408 g/mol. The molecule has 1 amide bonds. The van der Waals surface area contributed by atoms with Crippen LogP contribution in [0.15, 0.2) is 55.2 Å². The van der Waals surface area contributed by atoms with Gasteiger partial charge in [0.05, 0.1) is 24.8 Å². The van der Waals surface area contributed by atoms with Crippen LogP contribution in [0, 0.1) is 5.92 Å². The van der Waals surface area contributed by atoms with Crippen LogP contribution in [0.25, 0.3) is 5.82 Å². The molecule has 2 heterocycles. The molecule has 1 N–H and O–H groups in total. The maximum atomic E-state index is 12.9. The fraction of sp³-hybridized carbons (Fsp3) is 0.348. The normalized spacial score (nSPS) is 11.9. The van der Waals surface area contributed by atoms with Crippen molar-refractivity contribution >= 4 is 5.91 Å². The molecule has 0 saturated heterocycles. The number of aromatic nitrogens is 3. The van der Waals surface area contributed by atoms with E-state index < -0.39 is 0 Å². The van der Waals surface area contributed by atoms with Gasteiger partial charge in [-0.1, -0.05) is 19.9 Å². The van der Waals surface area contributed by atoms with E-state index in [2.05, 4.69) is 29.1 Å². The molecule has 7 heteroatoms. The molecular formula is C23H28N4O3. The maximum absolute atomic E-state index is 12.9. The van der Waals surface area contributed by atoms with E-state index in [0.717, 1.165) is 5.56 Å². The molecule has 1 aromatic carbocycles. The summed E-state index contributed by atoms with van der Waals surface area (Å²) in [4.78, 5) is 21.3. The number of amides is 1. The lowest BCUT2D eigenvalue weighted by Gasteiger charge is -2.24. The summed E-state index contributed by atoms with van der Waals surface area (Å²) in [5.41, 5.74) is 1.47. The Morgan fingerprint density at radius 1 is 1.10 bits per heavy atom. The molecule has 0 saturated carbocycles. The zero-order valence-corrected chi connectivity index (χ0v) is 17.8. The first-order chi connectivity index (χ1) is 14.5. The molecule has 0 unspecified atom stereocenters. The summed E-state index contributed by atoms with van der Waals surface area (Å²) in [7, 11) is 0. The maximum Gasteiger partial charge on any atom is 0.253 e. The Balaban J connectivity index is 1.80. The molecule has 1 atom stereocenters. The summed E-state index contributed by atoms with van der Waals surface area (Å²) in [6.45, 7) is 9.12. The van der Waals surface area contributed by atoms with Gasteiger partial charge in [-0.3, -0.25) is 9.36 Å². The highest BCUT2D eigenvalue weighted by molar-refractivity contribution is 5.94. The predicted octanol–water partition coefficient (Wildman–Crippen LogP) is 4.19. The number of rotatable bonds is 9. The Morgan fingerprint density at radius 2 is 1.87 bits per heavy atom. The van der Waals surface area contributed by atoms with Crippen molar-refractivity contribution in [2.45, 2.75) is 33.7 Å². The topological polar surface area (TPSA) is 78.3 Å². The number of nitrogens with zero attached hydrogens (tertiary/aromatic N) is 3. The van der Waals surface area contributed by atoms with Gasteiger partial charge < -0.3 is 14.8 Å². The Labute approximate surface area is 177 Å². The summed E-state index contributed by atoms with van der Waals surface area (Å²) in [6, 6.07) is 9.19. The number of nitrogens with one attached hydrogen (secondary N) is 1. The van der Waals surface area contributed by atoms with Gasteiger partial charge in [-0.25, -0.2) is 9.97 Å². The quantitative estimate of drug-likeness (QED) is 0.574. The molecule has 158 valence electrons. The highest BCUT2D eigenvalue weighted by atomic mass is 16.5. The average molecular weight is 409 g/mol. The third kappa shape index (κ3) is 4.97. The zero-order chi connectivity index (χ0) is 21.5. The van der Waals surface area contributed by atoms with Crippen molar-refractivity contribution in [1.29, 1.82) is 0 Å². The summed E-state index contributed by atoms with van der Waals surface area (Å²) < 4.78 is 13.2. The van der Waals surface area contributed by atoms with Crippen LogP contribution in [0.5, 0.6) is 11.5 Å². The Bertz CT molecular complexity index is 953. The van der Waals surface area contributed by atoms with Gasteiger partial charge >= 0.3 is 0 Å². The second kappa shape index (κ2) is 9.91. The van der Waals surface area contributed by atoms with Crippen molar-refractivity contribution in [1.82, 2.24) is 19.9 Å². The number of hydrogen-bond donors (Lipinski definition) is 1. The van der Waals surface area contributed by atoms with Gasteiger partial charge in [-0.2, -0.15) is 0 Å². The molecule has 3 aromatic rings. The van der Waals surface area contributed by atoms with Crippen LogP contribution < -0.4 is 14.8 Å². The van der Waals surface area contributed by atoms with Gasteiger partial charge in [0.1, 0.15) is 12.1 Å². The minimum Gasteiger partial charge on any atom is -0.490 e. The lowest BCUT2D eigenvalue weighted by Crippen LogP contribution is -2.31. The number of ether oxygens (including phenoxy) is 2. The van der Waals surface area contributed by atoms with Crippen LogP contribution in [-0.2, 0) is 0 Å². The van der Waals surface area contributed by atoms with Gasteiger partial charge in [-0.05, 0) is 49.6 Å². The summed E-state index contributed by atoms with van der Waals surface area (Å²) in [5.74, 6) is 2.10. The van der Waals surface area contributed by atoms with E-state index in [1.807, 2.05) is 32.0 Å². The average Bonchev–Trinajstić information content (AvgIpc) is 3.28. The van der Waals surface area contributed by atoms with Crippen LogP contribution in [0.1, 0.15) is 49.7 Å². The zero-order valence-electron chi connectivity index (χ0n) is 17.8. The Morgan fingerprint density at radius 3 is 2.47 bits per heavy atom. The van der Waals surface area contributed by atoms with E-state index in [1.165, 1.54) is 0 Å². The number of carbonyl (C=O) groups is 1. The lowest BCUT2D eigenvalue weighted by atomic mass is 9.95. The molecule has 0 aliphatic rings. The van der Waals surface area contributed by atoms with Crippen molar-refractivity contribution in [2.24, 2.45) is 5.92 Å². The van der Waals surface area contributed by atoms with Crippen LogP contribution in [-0.4, -0.2) is 33.7 Å². The van der Waals surface area contributed by atoms with Crippen LogP contribution in [0.3, 0.4) is 0 Å². The SMILES string of the molecule is CCOc1ccc([C@@H](NC(=O)c2ccc(-n3ccnc3)nc2)C(C)C)cc1OCC. The highest BCUT2D eigenvalue weighted by Crippen LogP contribution is 2.33. The standard InChI is InChI=1S/C23H28N4O3/c1-5-29-19-9-7-17(13-20(19)30-6-2)22(16(3)4)26-23(28)18-8-10-21(25-14-18)27-12-11-24-15-27/h7-16,22H,5-6H2,1-4H3,(H,26,28)/t22-/m0/s1. The van der Waals surface area contributed by atoms with E-state index in [9.17, 15) is 4.79 Å². The first-order valence-corrected chi connectivity index (χ1v) is 10.2. The number of carbonyl (C=O) groups excluding carboxylic acids is 1. The molecule has 30 heavy (non-hydrogen) atoms. The second-order valence-electron chi connectivity index (χ2n) is 7.14. The number of hydrogen-bond acceptors (Lipinski definition) is 5. The van der Waals surface area contributed by atoms with Gasteiger partial charge in [0.15, 0.2) is 11.5 Å². The molecule has 0 bridgehead atoms. The second-order valence-corrected chi connectivity index (χ2v) is 7.14. The van der Waals surface area contributed by atoms with Gasteiger partial charge in [-0.15, -0.1) is 0 Å². The molecule has 3 rings (SSSR count). The first-order valence-electron chi connectivity index (χ1n) is 10.2. The van der Waals surface area contributed by atoms with Gasteiger partial charge in [0.2, 0.25) is 0 Å². The third-order valence-electron chi connectivity index (χ3n) is 4.66. The van der Waals surface area contributed by atoms with Crippen LogP contribution in [0.2, 0.25) is 0 Å². The molecule has 0 aliphatic carbocycles. The number of pyridine rings is 1. The minimum absolute atomic E-state index is 0.176. The van der Waals surface area contributed by atoms with E-state index in [1.54, 1.807) is 41.6 Å². The summed E-state index contributed by atoms with van der Waals surface area (Å²) in [5, 5.41) is 3.13. The summed E-state index contributed by atoms with van der Waals surface area (Å²) in [6.07, 6.45) is 6.73. The van der Waals surface area contributed by atoms with Crippen molar-refractivity contribution in [3.8, 4) is 17.3 Å². The van der Waals surface area contributed by atoms with Gasteiger partial charge in [0.25, 0.3) is 5.91 Å². The molecule has 0 radical (unpaired) electrons. The highest BCUT2D eigenvalue weighted by Gasteiger charge is 2.21. The van der Waals surface area contributed by atoms with Crippen molar-refractivity contribution in [2.75, 3.05) is 13.2 Å². The third-order valence-corrected chi connectivity index (χ3v) is 4.66. The fourth-order valence-corrected chi connectivity index (χ4v) is 3.19. The molecular weight excluding hydrogens is 380 g/mol. The molecule has 2 aromatic heterocycles. The number of imidazole rings is 1. The molecule has 7 nitrogen and oxygen atoms in total. The lowest BCUT2D eigenvalue weighted by molar-refractivity contribution is 0.0925. The van der Waals surface area contributed by atoms with Crippen molar-refractivity contribution in [3.05, 3.63) is 66.4 Å². The molecule has 0 aliphatic heterocycles. The van der Waals surface area contributed by atoms with Gasteiger partial charge in [0, 0.05) is 18.6 Å². The Kier molecular flexibility index (Phi) is 7.06. The smallest absolute Gasteiger partial charge is 0.253 e. The molecule has 0 fully saturated rings. The predicted molar refractivity (Wildman–Crippen MR) is 115 cm³/mol. The number of benzene rings is 1. The summed E-state index contributed by atoms with van der Waals surface area (Å²) >= 11 is 0. The largest absolute Gasteiger partial charge is 0.490 e. The van der Waals surface area contributed by atoms with E-state index in [4.69, 9.17) is 9.47 Å². The minimum atomic E-state index is -0.180. The van der Waals surface area contributed by atoms with Crippen molar-refractivity contribution < 1.29 is 14.3 Å². The van der Waals surface area contributed by atoms with Crippen LogP contribution >= 0.6 is 0 Å². The van der Waals surface area contributed by atoms with Crippen LogP contribution in [0.4, 0.5) is 0 Å². The Hall–Kier alpha value is -3.35. The molecule has 0 spiro atoms. The van der Waals surface area contributed by atoms with Crippen molar-refractivity contribution in [3.63, 3.8) is 0 Å². The first kappa shape index (κ1) is 21.4. The fourth-order valence-electron chi connectivity index (χ4n) is 3.19.